The highest BCUT2D eigenvalue weighted by molar-refractivity contribution is 6.06. The lowest BCUT2D eigenvalue weighted by atomic mass is 9.97. The normalized spacial score (nSPS) is 14.2. The van der Waals surface area contributed by atoms with Crippen LogP contribution in [0, 0.1) is 6.92 Å². The van der Waals surface area contributed by atoms with Crippen molar-refractivity contribution < 1.29 is 19.4 Å². The van der Waals surface area contributed by atoms with Gasteiger partial charge in [0, 0.05) is 24.8 Å². The van der Waals surface area contributed by atoms with Gasteiger partial charge in [-0.1, -0.05) is 18.2 Å². The molecule has 0 atom stereocenters. The molecule has 1 amide bonds. The van der Waals surface area contributed by atoms with E-state index in [1.54, 1.807) is 47.7 Å². The van der Waals surface area contributed by atoms with Crippen LogP contribution in [0.5, 0.6) is 0 Å². The lowest BCUT2D eigenvalue weighted by Gasteiger charge is -2.37. The van der Waals surface area contributed by atoms with Crippen molar-refractivity contribution in [1.82, 2.24) is 9.99 Å². The van der Waals surface area contributed by atoms with Gasteiger partial charge in [0.05, 0.1) is 30.7 Å². The standard InChI is InChI=1S/C24H23N3O4/c1-17-4-5-20(15-22(17)18-6-8-19(9-7-18)24(29)30)23(28)27(21-3-2-10-25-16-21)26-11-13-31-14-12-26/h2-10,15-16H,11-14H2,1H3,(H,29,30). The highest BCUT2D eigenvalue weighted by atomic mass is 16.5. The van der Waals surface area contributed by atoms with E-state index in [9.17, 15) is 9.59 Å². The van der Waals surface area contributed by atoms with Gasteiger partial charge in [-0.05, 0) is 60.0 Å². The average molecular weight is 417 g/mol. The molecule has 1 saturated heterocycles. The fraction of sp³-hybridized carbons (Fsp3) is 0.208. The van der Waals surface area contributed by atoms with Gasteiger partial charge in [-0.3, -0.25) is 9.78 Å². The average Bonchev–Trinajstić information content (AvgIpc) is 2.81. The monoisotopic (exact) mass is 417 g/mol. The quantitative estimate of drug-likeness (QED) is 0.682. The Balaban J connectivity index is 1.70. The molecular weight excluding hydrogens is 394 g/mol. The van der Waals surface area contributed by atoms with Crippen LogP contribution in [-0.4, -0.2) is 53.3 Å². The van der Waals surface area contributed by atoms with E-state index in [1.165, 1.54) is 0 Å². The second-order valence-electron chi connectivity index (χ2n) is 7.31. The minimum atomic E-state index is -0.968. The highest BCUT2D eigenvalue weighted by Crippen LogP contribution is 2.27. The van der Waals surface area contributed by atoms with Crippen molar-refractivity contribution in [2.24, 2.45) is 0 Å². The minimum absolute atomic E-state index is 0.154. The number of rotatable bonds is 5. The van der Waals surface area contributed by atoms with Crippen molar-refractivity contribution >= 4 is 17.6 Å². The summed E-state index contributed by atoms with van der Waals surface area (Å²) < 4.78 is 5.45. The molecule has 0 unspecified atom stereocenters. The van der Waals surface area contributed by atoms with E-state index in [2.05, 4.69) is 4.98 Å². The zero-order chi connectivity index (χ0) is 21.8. The molecule has 0 radical (unpaired) electrons. The van der Waals surface area contributed by atoms with Gasteiger partial charge in [-0.15, -0.1) is 0 Å². The van der Waals surface area contributed by atoms with Crippen LogP contribution in [0.2, 0.25) is 0 Å². The second-order valence-corrected chi connectivity index (χ2v) is 7.31. The van der Waals surface area contributed by atoms with Gasteiger partial charge in [0.25, 0.3) is 5.91 Å². The van der Waals surface area contributed by atoms with Crippen LogP contribution in [0.1, 0.15) is 26.3 Å². The van der Waals surface area contributed by atoms with Crippen LogP contribution >= 0.6 is 0 Å². The van der Waals surface area contributed by atoms with Gasteiger partial charge in [-0.2, -0.15) is 0 Å². The fourth-order valence-electron chi connectivity index (χ4n) is 3.62. The summed E-state index contributed by atoms with van der Waals surface area (Å²) in [5.41, 5.74) is 4.20. The van der Waals surface area contributed by atoms with E-state index in [0.29, 0.717) is 37.6 Å². The van der Waals surface area contributed by atoms with Crippen LogP contribution in [0.3, 0.4) is 0 Å². The maximum Gasteiger partial charge on any atom is 0.335 e. The molecule has 7 heteroatoms. The summed E-state index contributed by atoms with van der Waals surface area (Å²) in [7, 11) is 0. The van der Waals surface area contributed by atoms with Gasteiger partial charge in [-0.25, -0.2) is 14.8 Å². The van der Waals surface area contributed by atoms with Crippen LogP contribution in [0.15, 0.2) is 67.0 Å². The zero-order valence-electron chi connectivity index (χ0n) is 17.2. The summed E-state index contributed by atoms with van der Waals surface area (Å²) in [5.74, 6) is -1.12. The maximum absolute atomic E-state index is 13.6. The second kappa shape index (κ2) is 9.07. The predicted molar refractivity (Wildman–Crippen MR) is 117 cm³/mol. The minimum Gasteiger partial charge on any atom is -0.478 e. The number of carboxylic acids is 1. The maximum atomic E-state index is 13.6. The first-order valence-electron chi connectivity index (χ1n) is 10.1. The molecule has 0 aliphatic carbocycles. The van der Waals surface area contributed by atoms with E-state index >= 15 is 0 Å². The number of aromatic carboxylic acids is 1. The molecule has 3 aromatic rings. The van der Waals surface area contributed by atoms with E-state index < -0.39 is 5.97 Å². The molecule has 2 heterocycles. The van der Waals surface area contributed by atoms with Crippen LogP contribution < -0.4 is 5.01 Å². The number of hydrazine groups is 1. The smallest absolute Gasteiger partial charge is 0.335 e. The summed E-state index contributed by atoms with van der Waals surface area (Å²) in [5, 5.41) is 12.8. The molecule has 0 spiro atoms. The number of aryl methyl sites for hydroxylation is 1. The number of aromatic nitrogens is 1. The number of pyridine rings is 1. The highest BCUT2D eigenvalue weighted by Gasteiger charge is 2.27. The molecule has 31 heavy (non-hydrogen) atoms. The van der Waals surface area contributed by atoms with Gasteiger partial charge >= 0.3 is 5.97 Å². The Labute approximate surface area is 180 Å². The van der Waals surface area contributed by atoms with Gasteiger partial charge in [0.2, 0.25) is 0 Å². The molecule has 1 aromatic heterocycles. The Morgan fingerprint density at radius 3 is 2.39 bits per heavy atom. The van der Waals surface area contributed by atoms with E-state index in [-0.39, 0.29) is 11.5 Å². The van der Waals surface area contributed by atoms with Crippen molar-refractivity contribution in [3.05, 3.63) is 83.7 Å². The Morgan fingerprint density at radius 2 is 1.74 bits per heavy atom. The molecule has 0 saturated carbocycles. The summed E-state index contributed by atoms with van der Waals surface area (Å²) in [4.78, 5) is 28.9. The molecular formula is C24H23N3O4. The number of hydrogen-bond donors (Lipinski definition) is 1. The predicted octanol–water partition coefficient (Wildman–Crippen LogP) is 3.65. The molecule has 1 fully saturated rings. The molecule has 1 aliphatic heterocycles. The fourth-order valence-corrected chi connectivity index (χ4v) is 3.62. The number of anilines is 1. The van der Waals surface area contributed by atoms with Crippen molar-refractivity contribution in [3.63, 3.8) is 0 Å². The zero-order valence-corrected chi connectivity index (χ0v) is 17.2. The van der Waals surface area contributed by atoms with Crippen LogP contribution in [0.25, 0.3) is 11.1 Å². The molecule has 4 rings (SSSR count). The number of amides is 1. The Hall–Kier alpha value is -3.55. The van der Waals surface area contributed by atoms with E-state index in [4.69, 9.17) is 9.84 Å². The lowest BCUT2D eigenvalue weighted by molar-refractivity contribution is 0.0300. The summed E-state index contributed by atoms with van der Waals surface area (Å²) >= 11 is 0. The third-order valence-electron chi connectivity index (χ3n) is 5.28. The van der Waals surface area contributed by atoms with Gasteiger partial charge in [0.1, 0.15) is 0 Å². The molecule has 2 aromatic carbocycles. The first-order chi connectivity index (χ1) is 15.0. The number of carboxylic acid groups (broad SMARTS) is 1. The van der Waals surface area contributed by atoms with Crippen LogP contribution in [-0.2, 0) is 4.74 Å². The Morgan fingerprint density at radius 1 is 1.03 bits per heavy atom. The van der Waals surface area contributed by atoms with Crippen molar-refractivity contribution in [2.75, 3.05) is 31.3 Å². The van der Waals surface area contributed by atoms with Crippen molar-refractivity contribution in [2.45, 2.75) is 6.92 Å². The number of carbonyl (C=O) groups is 2. The Bertz CT molecular complexity index is 1080. The van der Waals surface area contributed by atoms with Crippen molar-refractivity contribution in [3.8, 4) is 11.1 Å². The largest absolute Gasteiger partial charge is 0.478 e. The van der Waals surface area contributed by atoms with Crippen molar-refractivity contribution in [1.29, 1.82) is 0 Å². The molecule has 7 nitrogen and oxygen atoms in total. The SMILES string of the molecule is Cc1ccc(C(=O)N(c2cccnc2)N2CCOCC2)cc1-c1ccc(C(=O)O)cc1. The molecule has 0 bridgehead atoms. The van der Waals surface area contributed by atoms with Crippen LogP contribution in [0.4, 0.5) is 5.69 Å². The first-order valence-corrected chi connectivity index (χ1v) is 10.1. The van der Waals surface area contributed by atoms with E-state index in [0.717, 1.165) is 16.7 Å². The first kappa shape index (κ1) is 20.7. The number of carbonyl (C=O) groups excluding carboxylic acids is 1. The third kappa shape index (κ3) is 4.47. The van der Waals surface area contributed by atoms with Gasteiger partial charge in [0.15, 0.2) is 0 Å². The number of ether oxygens (including phenoxy) is 1. The number of hydrogen-bond acceptors (Lipinski definition) is 5. The number of morpholine rings is 1. The summed E-state index contributed by atoms with van der Waals surface area (Å²) in [6, 6.07) is 15.9. The third-order valence-corrected chi connectivity index (χ3v) is 5.28. The Kier molecular flexibility index (Phi) is 6.06. The summed E-state index contributed by atoms with van der Waals surface area (Å²) in [6.07, 6.45) is 3.35. The number of nitrogens with zero attached hydrogens (tertiary/aromatic N) is 3. The summed E-state index contributed by atoms with van der Waals surface area (Å²) in [6.45, 7) is 4.29. The lowest BCUT2D eigenvalue weighted by Crippen LogP contribution is -2.52. The van der Waals surface area contributed by atoms with E-state index in [1.807, 2.05) is 36.2 Å². The number of benzene rings is 2. The van der Waals surface area contributed by atoms with Gasteiger partial charge < -0.3 is 9.84 Å². The topological polar surface area (TPSA) is 83.0 Å². The molecule has 1 aliphatic rings. The molecule has 1 N–H and O–H groups in total. The molecule has 158 valence electrons.